The van der Waals surface area contributed by atoms with Gasteiger partial charge in [-0.25, -0.2) is 4.79 Å². The van der Waals surface area contributed by atoms with E-state index in [4.69, 9.17) is 5.11 Å². The zero-order valence-electron chi connectivity index (χ0n) is 11.8. The molecule has 0 aromatic heterocycles. The molecule has 19 heavy (non-hydrogen) atoms. The third kappa shape index (κ3) is 3.36. The molecule has 1 heterocycles. The molecule has 1 rings (SSSR count). The van der Waals surface area contributed by atoms with Crippen LogP contribution in [0.15, 0.2) is 0 Å². The Kier molecular flexibility index (Phi) is 4.74. The Balaban J connectivity index is 2.63. The molecule has 0 spiro atoms. The summed E-state index contributed by atoms with van der Waals surface area (Å²) in [6.07, 6.45) is 0.456. The minimum atomic E-state index is -0.880. The fourth-order valence-electron chi connectivity index (χ4n) is 2.17. The van der Waals surface area contributed by atoms with Crippen LogP contribution in [0.1, 0.15) is 13.3 Å². The second-order valence-electron chi connectivity index (χ2n) is 5.09. The van der Waals surface area contributed by atoms with Gasteiger partial charge in [0.2, 0.25) is 5.91 Å². The minimum Gasteiger partial charge on any atom is -0.481 e. The maximum absolute atomic E-state index is 12.2. The van der Waals surface area contributed by atoms with Gasteiger partial charge in [0.25, 0.3) is 0 Å². The number of carbonyl (C=O) groups is 3. The summed E-state index contributed by atoms with van der Waals surface area (Å²) in [4.78, 5) is 39.0. The number of amides is 3. The van der Waals surface area contributed by atoms with Crippen LogP contribution in [0.3, 0.4) is 0 Å². The van der Waals surface area contributed by atoms with Gasteiger partial charge < -0.3 is 19.8 Å². The van der Waals surface area contributed by atoms with Crippen LogP contribution in [0.25, 0.3) is 0 Å². The number of rotatable bonds is 3. The van der Waals surface area contributed by atoms with E-state index < -0.39 is 11.9 Å². The van der Waals surface area contributed by atoms with Crippen molar-refractivity contribution < 1.29 is 19.5 Å². The number of carbonyl (C=O) groups excluding carboxylic acids is 2. The van der Waals surface area contributed by atoms with E-state index in [1.807, 2.05) is 0 Å². The summed E-state index contributed by atoms with van der Waals surface area (Å²) in [7, 11) is 4.80. The SMILES string of the molecule is CC1C(C(=O)O)CCN1C(=O)N(C)CC(=O)N(C)C. The van der Waals surface area contributed by atoms with Gasteiger partial charge in [-0.05, 0) is 13.3 Å². The van der Waals surface area contributed by atoms with Crippen molar-refractivity contribution >= 4 is 17.9 Å². The second-order valence-corrected chi connectivity index (χ2v) is 5.09. The van der Waals surface area contributed by atoms with Gasteiger partial charge in [-0.2, -0.15) is 0 Å². The Bertz CT molecular complexity index is 383. The highest BCUT2D eigenvalue weighted by Crippen LogP contribution is 2.25. The average Bonchev–Trinajstić information content (AvgIpc) is 2.69. The third-order valence-corrected chi connectivity index (χ3v) is 3.52. The van der Waals surface area contributed by atoms with Crippen LogP contribution in [0, 0.1) is 5.92 Å². The molecule has 108 valence electrons. The van der Waals surface area contributed by atoms with Crippen LogP contribution < -0.4 is 0 Å². The van der Waals surface area contributed by atoms with Crippen LogP contribution in [0.4, 0.5) is 4.79 Å². The molecule has 0 aliphatic carbocycles. The molecular formula is C12H21N3O4. The molecule has 7 nitrogen and oxygen atoms in total. The number of urea groups is 1. The van der Waals surface area contributed by atoms with Crippen molar-refractivity contribution in [2.45, 2.75) is 19.4 Å². The Morgan fingerprint density at radius 3 is 2.26 bits per heavy atom. The van der Waals surface area contributed by atoms with Crippen molar-refractivity contribution in [2.75, 3.05) is 34.2 Å². The molecule has 2 atom stereocenters. The number of carboxylic acids is 1. The van der Waals surface area contributed by atoms with Gasteiger partial charge in [0.05, 0.1) is 5.92 Å². The normalized spacial score (nSPS) is 22.2. The molecule has 0 aromatic rings. The van der Waals surface area contributed by atoms with E-state index in [1.54, 1.807) is 28.1 Å². The first-order valence-corrected chi connectivity index (χ1v) is 6.20. The first kappa shape index (κ1) is 15.3. The van der Waals surface area contributed by atoms with E-state index in [1.165, 1.54) is 14.7 Å². The second kappa shape index (κ2) is 5.90. The highest BCUT2D eigenvalue weighted by Gasteiger charge is 2.39. The van der Waals surface area contributed by atoms with E-state index >= 15 is 0 Å². The number of hydrogen-bond donors (Lipinski definition) is 1. The van der Waals surface area contributed by atoms with Crippen LogP contribution in [0.2, 0.25) is 0 Å². The monoisotopic (exact) mass is 271 g/mol. The maximum Gasteiger partial charge on any atom is 0.320 e. The van der Waals surface area contributed by atoms with Crippen molar-refractivity contribution in [3.8, 4) is 0 Å². The lowest BCUT2D eigenvalue weighted by molar-refractivity contribution is -0.142. The highest BCUT2D eigenvalue weighted by atomic mass is 16.4. The zero-order valence-corrected chi connectivity index (χ0v) is 11.8. The summed E-state index contributed by atoms with van der Waals surface area (Å²) >= 11 is 0. The topological polar surface area (TPSA) is 81.2 Å². The average molecular weight is 271 g/mol. The summed E-state index contributed by atoms with van der Waals surface area (Å²) in [5.41, 5.74) is 0. The number of hydrogen-bond acceptors (Lipinski definition) is 3. The third-order valence-electron chi connectivity index (χ3n) is 3.52. The van der Waals surface area contributed by atoms with E-state index in [9.17, 15) is 14.4 Å². The van der Waals surface area contributed by atoms with Gasteiger partial charge >= 0.3 is 12.0 Å². The summed E-state index contributed by atoms with van der Waals surface area (Å²) in [5.74, 6) is -1.57. The van der Waals surface area contributed by atoms with E-state index in [-0.39, 0.29) is 24.5 Å². The molecule has 0 bridgehead atoms. The molecule has 3 amide bonds. The molecule has 1 aliphatic rings. The smallest absolute Gasteiger partial charge is 0.320 e. The first-order chi connectivity index (χ1) is 8.75. The summed E-state index contributed by atoms with van der Waals surface area (Å²) in [6.45, 7) is 2.13. The van der Waals surface area contributed by atoms with Crippen LogP contribution in [0.5, 0.6) is 0 Å². The number of likely N-dealkylation sites (N-methyl/N-ethyl adjacent to an activating group) is 2. The van der Waals surface area contributed by atoms with Gasteiger partial charge in [-0.15, -0.1) is 0 Å². The number of aliphatic carboxylic acids is 1. The predicted octanol–water partition coefficient (Wildman–Crippen LogP) is -0.0786. The minimum absolute atomic E-state index is 0.00715. The molecule has 1 fully saturated rings. The number of likely N-dealkylation sites (tertiary alicyclic amines) is 1. The van der Waals surface area contributed by atoms with Gasteiger partial charge in [0.15, 0.2) is 0 Å². The molecule has 0 saturated carbocycles. The van der Waals surface area contributed by atoms with Crippen molar-refractivity contribution in [2.24, 2.45) is 5.92 Å². The van der Waals surface area contributed by atoms with Gasteiger partial charge in [-0.1, -0.05) is 0 Å². The molecule has 0 aromatic carbocycles. The quantitative estimate of drug-likeness (QED) is 0.778. The highest BCUT2D eigenvalue weighted by molar-refractivity contribution is 5.84. The molecule has 0 radical (unpaired) electrons. The Morgan fingerprint density at radius 2 is 1.84 bits per heavy atom. The summed E-state index contributed by atoms with van der Waals surface area (Å²) in [5, 5.41) is 9.03. The summed E-state index contributed by atoms with van der Waals surface area (Å²) in [6, 6.07) is -0.645. The van der Waals surface area contributed by atoms with E-state index in [0.29, 0.717) is 13.0 Å². The van der Waals surface area contributed by atoms with Crippen LogP contribution in [-0.2, 0) is 9.59 Å². The Morgan fingerprint density at radius 1 is 1.26 bits per heavy atom. The lowest BCUT2D eigenvalue weighted by atomic mass is 10.0. The fourth-order valence-corrected chi connectivity index (χ4v) is 2.17. The van der Waals surface area contributed by atoms with E-state index in [2.05, 4.69) is 0 Å². The largest absolute Gasteiger partial charge is 0.481 e. The van der Waals surface area contributed by atoms with Gasteiger partial charge in [-0.3, -0.25) is 9.59 Å². The molecule has 7 heteroatoms. The van der Waals surface area contributed by atoms with Gasteiger partial charge in [0, 0.05) is 33.7 Å². The van der Waals surface area contributed by atoms with Crippen molar-refractivity contribution in [3.05, 3.63) is 0 Å². The Labute approximate surface area is 112 Å². The first-order valence-electron chi connectivity index (χ1n) is 6.20. The fraction of sp³-hybridized carbons (Fsp3) is 0.750. The van der Waals surface area contributed by atoms with Crippen molar-refractivity contribution in [1.82, 2.24) is 14.7 Å². The van der Waals surface area contributed by atoms with E-state index in [0.717, 1.165) is 0 Å². The molecule has 1 aliphatic heterocycles. The summed E-state index contributed by atoms with van der Waals surface area (Å²) < 4.78 is 0. The predicted molar refractivity (Wildman–Crippen MR) is 68.6 cm³/mol. The van der Waals surface area contributed by atoms with Crippen LogP contribution in [-0.4, -0.2) is 78.0 Å². The molecule has 1 saturated heterocycles. The molecular weight excluding hydrogens is 250 g/mol. The molecule has 1 N–H and O–H groups in total. The van der Waals surface area contributed by atoms with Crippen LogP contribution >= 0.6 is 0 Å². The maximum atomic E-state index is 12.2. The lowest BCUT2D eigenvalue weighted by Crippen LogP contribution is -2.47. The zero-order chi connectivity index (χ0) is 14.7. The molecule has 2 unspecified atom stereocenters. The van der Waals surface area contributed by atoms with Crippen molar-refractivity contribution in [1.29, 1.82) is 0 Å². The standard InChI is InChI=1S/C12H21N3O4/c1-8-9(11(17)18)5-6-15(8)12(19)14(4)7-10(16)13(2)3/h8-9H,5-7H2,1-4H3,(H,17,18). The Hall–Kier alpha value is -1.79. The number of carboxylic acid groups (broad SMARTS) is 1. The van der Waals surface area contributed by atoms with Crippen molar-refractivity contribution in [3.63, 3.8) is 0 Å². The number of nitrogens with zero attached hydrogens (tertiary/aromatic N) is 3. The van der Waals surface area contributed by atoms with Gasteiger partial charge in [0.1, 0.15) is 6.54 Å². The lowest BCUT2D eigenvalue weighted by Gasteiger charge is -2.29.